The Hall–Kier alpha value is -4.20. The summed E-state index contributed by atoms with van der Waals surface area (Å²) in [6, 6.07) is 18.1. The Morgan fingerprint density at radius 1 is 1.03 bits per heavy atom. The molecule has 3 rings (SSSR count). The van der Waals surface area contributed by atoms with Crippen molar-refractivity contribution in [1.29, 1.82) is 0 Å². The fourth-order valence-electron chi connectivity index (χ4n) is 3.81. The number of carbonyl (C=O) groups is 2. The van der Waals surface area contributed by atoms with Crippen LogP contribution in [0, 0.1) is 6.92 Å². The fraction of sp³-hybridized carbons (Fsp3) is 0.231. The Morgan fingerprint density at radius 2 is 1.71 bits per heavy atom. The molecule has 0 bridgehead atoms. The molecule has 1 amide bonds. The molecule has 8 heteroatoms. The first-order valence-electron chi connectivity index (χ1n) is 10.8. The lowest BCUT2D eigenvalue weighted by atomic mass is 9.83. The van der Waals surface area contributed by atoms with Crippen molar-refractivity contribution in [2.24, 2.45) is 12.2 Å². The van der Waals surface area contributed by atoms with E-state index < -0.39 is 5.97 Å². The first-order valence-corrected chi connectivity index (χ1v) is 10.8. The number of nitrogens with one attached hydrogen (secondary N) is 1. The first kappa shape index (κ1) is 24.4. The SMILES string of the molecule is Cc1ccccc1C(C/C(=N/O)c1ccc(=O)n(C)c1)c1ccc(C(=O)NCCC(=O)O)cc1. The second-order valence-electron chi connectivity index (χ2n) is 8.05. The van der Waals surface area contributed by atoms with Crippen LogP contribution in [0.2, 0.25) is 0 Å². The molecule has 0 radical (unpaired) electrons. The summed E-state index contributed by atoms with van der Waals surface area (Å²) in [5.41, 5.74) is 4.37. The highest BCUT2D eigenvalue weighted by atomic mass is 16.4. The van der Waals surface area contributed by atoms with Gasteiger partial charge in [-0.25, -0.2) is 0 Å². The third-order valence-electron chi connectivity index (χ3n) is 5.70. The van der Waals surface area contributed by atoms with E-state index in [-0.39, 0.29) is 30.3 Å². The van der Waals surface area contributed by atoms with Gasteiger partial charge in [-0.15, -0.1) is 0 Å². The number of aryl methyl sites for hydroxylation is 2. The van der Waals surface area contributed by atoms with E-state index in [1.54, 1.807) is 31.4 Å². The van der Waals surface area contributed by atoms with E-state index in [2.05, 4.69) is 10.5 Å². The number of oxime groups is 1. The molecule has 3 N–H and O–H groups in total. The number of carboxylic acids is 1. The molecule has 0 aliphatic carbocycles. The van der Waals surface area contributed by atoms with Crippen molar-refractivity contribution in [2.45, 2.75) is 25.7 Å². The normalized spacial score (nSPS) is 12.2. The number of aromatic nitrogens is 1. The molecule has 0 aliphatic rings. The predicted molar refractivity (Wildman–Crippen MR) is 129 cm³/mol. The van der Waals surface area contributed by atoms with Crippen LogP contribution in [0.1, 0.15) is 51.4 Å². The molecule has 0 aliphatic heterocycles. The van der Waals surface area contributed by atoms with Crippen molar-refractivity contribution in [3.63, 3.8) is 0 Å². The lowest BCUT2D eigenvalue weighted by Gasteiger charge is -2.21. The van der Waals surface area contributed by atoms with Crippen LogP contribution >= 0.6 is 0 Å². The highest BCUT2D eigenvalue weighted by molar-refractivity contribution is 6.00. The molecule has 0 fully saturated rings. The third kappa shape index (κ3) is 5.98. The zero-order valence-corrected chi connectivity index (χ0v) is 19.1. The average Bonchev–Trinajstić information content (AvgIpc) is 2.82. The minimum atomic E-state index is -0.975. The van der Waals surface area contributed by atoms with Crippen LogP contribution in [0.5, 0.6) is 0 Å². The summed E-state index contributed by atoms with van der Waals surface area (Å²) in [4.78, 5) is 34.7. The number of nitrogens with zero attached hydrogens (tertiary/aromatic N) is 2. The van der Waals surface area contributed by atoms with Crippen molar-refractivity contribution in [1.82, 2.24) is 9.88 Å². The van der Waals surface area contributed by atoms with Gasteiger partial charge < -0.3 is 20.2 Å². The Kier molecular flexibility index (Phi) is 7.97. The molecule has 1 heterocycles. The number of hydrogen-bond donors (Lipinski definition) is 3. The number of hydrogen-bond acceptors (Lipinski definition) is 5. The summed E-state index contributed by atoms with van der Waals surface area (Å²) in [5.74, 6) is -1.49. The van der Waals surface area contributed by atoms with E-state index in [1.807, 2.05) is 43.3 Å². The van der Waals surface area contributed by atoms with E-state index in [4.69, 9.17) is 5.11 Å². The number of amides is 1. The topological polar surface area (TPSA) is 121 Å². The molecule has 3 aromatic rings. The summed E-state index contributed by atoms with van der Waals surface area (Å²) in [7, 11) is 1.64. The maximum Gasteiger partial charge on any atom is 0.305 e. The maximum absolute atomic E-state index is 12.3. The van der Waals surface area contributed by atoms with Gasteiger partial charge in [0.05, 0.1) is 12.1 Å². The summed E-state index contributed by atoms with van der Waals surface area (Å²) in [6.45, 7) is 2.06. The highest BCUT2D eigenvalue weighted by Crippen LogP contribution is 2.32. The lowest BCUT2D eigenvalue weighted by Crippen LogP contribution is -2.26. The van der Waals surface area contributed by atoms with Crippen LogP contribution in [0.25, 0.3) is 0 Å². The van der Waals surface area contributed by atoms with Crippen LogP contribution in [0.3, 0.4) is 0 Å². The predicted octanol–water partition coefficient (Wildman–Crippen LogP) is 3.30. The number of aliphatic carboxylic acids is 1. The molecular weight excluding hydrogens is 434 g/mol. The summed E-state index contributed by atoms with van der Waals surface area (Å²) < 4.78 is 1.43. The second kappa shape index (κ2) is 11.1. The quantitative estimate of drug-likeness (QED) is 0.256. The average molecular weight is 462 g/mol. The van der Waals surface area contributed by atoms with Crippen LogP contribution in [-0.4, -0.2) is 39.0 Å². The Bertz CT molecular complexity index is 1260. The van der Waals surface area contributed by atoms with Crippen LogP contribution < -0.4 is 10.9 Å². The minimum absolute atomic E-state index is 0.0532. The third-order valence-corrected chi connectivity index (χ3v) is 5.70. The molecule has 0 saturated carbocycles. The smallest absolute Gasteiger partial charge is 0.305 e. The van der Waals surface area contributed by atoms with Crippen LogP contribution in [-0.2, 0) is 11.8 Å². The summed E-state index contributed by atoms with van der Waals surface area (Å²) >= 11 is 0. The van der Waals surface area contributed by atoms with E-state index in [9.17, 15) is 19.6 Å². The van der Waals surface area contributed by atoms with E-state index in [0.29, 0.717) is 23.3 Å². The molecule has 1 unspecified atom stereocenters. The number of rotatable bonds is 9. The first-order chi connectivity index (χ1) is 16.3. The number of benzene rings is 2. The van der Waals surface area contributed by atoms with Gasteiger partial charge in [-0.2, -0.15) is 0 Å². The zero-order chi connectivity index (χ0) is 24.7. The molecule has 176 valence electrons. The fourth-order valence-corrected chi connectivity index (χ4v) is 3.81. The highest BCUT2D eigenvalue weighted by Gasteiger charge is 2.21. The molecule has 1 aromatic heterocycles. The van der Waals surface area contributed by atoms with E-state index >= 15 is 0 Å². The van der Waals surface area contributed by atoms with Crippen molar-refractivity contribution in [3.05, 3.63) is 105 Å². The van der Waals surface area contributed by atoms with E-state index in [0.717, 1.165) is 16.7 Å². The second-order valence-corrected chi connectivity index (χ2v) is 8.05. The monoisotopic (exact) mass is 461 g/mol. The van der Waals surface area contributed by atoms with Gasteiger partial charge in [0.2, 0.25) is 5.56 Å². The number of pyridine rings is 1. The maximum atomic E-state index is 12.3. The number of carbonyl (C=O) groups excluding carboxylic acids is 1. The van der Waals surface area contributed by atoms with Crippen molar-refractivity contribution >= 4 is 17.6 Å². The number of carboxylic acid groups (broad SMARTS) is 1. The summed E-state index contributed by atoms with van der Waals surface area (Å²) in [6.07, 6.45) is 1.86. The largest absolute Gasteiger partial charge is 0.481 e. The molecule has 34 heavy (non-hydrogen) atoms. The van der Waals surface area contributed by atoms with Crippen LogP contribution in [0.4, 0.5) is 0 Å². The van der Waals surface area contributed by atoms with Gasteiger partial charge in [0.15, 0.2) is 0 Å². The minimum Gasteiger partial charge on any atom is -0.481 e. The Balaban J connectivity index is 1.92. The lowest BCUT2D eigenvalue weighted by molar-refractivity contribution is -0.136. The van der Waals surface area contributed by atoms with Gasteiger partial charge in [-0.1, -0.05) is 41.6 Å². The standard InChI is InChI=1S/C26H27N3O5/c1-17-5-3-4-6-21(17)22(15-23(28-34)20-11-12-24(30)29(2)16-20)18-7-9-19(10-8-18)26(33)27-14-13-25(31)32/h3-12,16,22,34H,13-15H2,1-2H3,(H,27,33)(H,31,32)/b28-23-. The Labute approximate surface area is 197 Å². The van der Waals surface area contributed by atoms with Gasteiger partial charge in [-0.05, 0) is 41.8 Å². The zero-order valence-electron chi connectivity index (χ0n) is 19.1. The molecule has 1 atom stereocenters. The van der Waals surface area contributed by atoms with Gasteiger partial charge in [-0.3, -0.25) is 14.4 Å². The van der Waals surface area contributed by atoms with Gasteiger partial charge in [0.1, 0.15) is 0 Å². The van der Waals surface area contributed by atoms with Crippen LogP contribution in [0.15, 0.2) is 76.8 Å². The molecular formula is C26H27N3O5. The molecule has 0 spiro atoms. The van der Waals surface area contributed by atoms with Crippen molar-refractivity contribution in [3.8, 4) is 0 Å². The van der Waals surface area contributed by atoms with Gasteiger partial charge >= 0.3 is 5.97 Å². The molecule has 0 saturated heterocycles. The van der Waals surface area contributed by atoms with Gasteiger partial charge in [0.25, 0.3) is 5.91 Å². The van der Waals surface area contributed by atoms with Gasteiger partial charge in [0, 0.05) is 49.3 Å². The van der Waals surface area contributed by atoms with Crippen molar-refractivity contribution in [2.75, 3.05) is 6.54 Å². The van der Waals surface area contributed by atoms with E-state index in [1.165, 1.54) is 10.6 Å². The van der Waals surface area contributed by atoms with Crippen molar-refractivity contribution < 1.29 is 19.9 Å². The molecule has 8 nitrogen and oxygen atoms in total. The molecule has 2 aromatic carbocycles. The summed E-state index contributed by atoms with van der Waals surface area (Å²) in [5, 5.41) is 24.7. The Morgan fingerprint density at radius 3 is 2.32 bits per heavy atom.